The summed E-state index contributed by atoms with van der Waals surface area (Å²) >= 11 is 0. The first-order chi connectivity index (χ1) is 18.3. The molecule has 0 unspecified atom stereocenters. The van der Waals surface area contributed by atoms with Crippen molar-refractivity contribution in [2.24, 2.45) is 0 Å². The summed E-state index contributed by atoms with van der Waals surface area (Å²) in [5, 5.41) is 0. The van der Waals surface area contributed by atoms with Gasteiger partial charge in [0.1, 0.15) is 6.61 Å². The Morgan fingerprint density at radius 1 is 0.541 bits per heavy atom. The SMILES string of the molecule is CCCCCCC(=O)OCCOCCOCCOCCOCCOCCOCCOCc1ccccc1. The number of hydrogen-bond acceptors (Lipinski definition) is 9. The first-order valence-electron chi connectivity index (χ1n) is 13.6. The summed E-state index contributed by atoms with van der Waals surface area (Å²) in [5.74, 6) is -0.147. The molecule has 0 aliphatic rings. The number of hydrogen-bond donors (Lipinski definition) is 0. The van der Waals surface area contributed by atoms with Crippen LogP contribution in [0.2, 0.25) is 0 Å². The molecule has 1 aromatic carbocycles. The second-order valence-corrected chi connectivity index (χ2v) is 8.24. The van der Waals surface area contributed by atoms with Gasteiger partial charge in [0.2, 0.25) is 0 Å². The Morgan fingerprint density at radius 3 is 1.43 bits per heavy atom. The molecule has 37 heavy (non-hydrogen) atoms. The predicted octanol–water partition coefficient (Wildman–Crippen LogP) is 3.82. The smallest absolute Gasteiger partial charge is 0.305 e. The third kappa shape index (κ3) is 24.5. The Hall–Kier alpha value is -1.59. The number of ether oxygens (including phenoxy) is 8. The van der Waals surface area contributed by atoms with Gasteiger partial charge in [0.25, 0.3) is 0 Å². The Bertz CT molecular complexity index is 601. The van der Waals surface area contributed by atoms with Gasteiger partial charge in [0.05, 0.1) is 92.5 Å². The molecular formula is C28H48O9. The lowest BCUT2D eigenvalue weighted by Gasteiger charge is -2.09. The van der Waals surface area contributed by atoms with Crippen LogP contribution in [-0.4, -0.2) is 98.5 Å². The monoisotopic (exact) mass is 528 g/mol. The van der Waals surface area contributed by atoms with Crippen LogP contribution in [0.15, 0.2) is 30.3 Å². The Kier molecular flexibility index (Phi) is 24.8. The highest BCUT2D eigenvalue weighted by Gasteiger charge is 2.02. The number of esters is 1. The van der Waals surface area contributed by atoms with E-state index in [4.69, 9.17) is 37.9 Å². The highest BCUT2D eigenvalue weighted by atomic mass is 16.6. The fourth-order valence-corrected chi connectivity index (χ4v) is 3.07. The zero-order chi connectivity index (χ0) is 26.5. The van der Waals surface area contributed by atoms with Gasteiger partial charge in [-0.05, 0) is 12.0 Å². The van der Waals surface area contributed by atoms with Gasteiger partial charge in [-0.25, -0.2) is 0 Å². The maximum atomic E-state index is 11.5. The average molecular weight is 529 g/mol. The molecule has 0 fully saturated rings. The van der Waals surface area contributed by atoms with E-state index in [2.05, 4.69) is 6.92 Å². The summed E-state index contributed by atoms with van der Waals surface area (Å²) in [5.41, 5.74) is 1.16. The van der Waals surface area contributed by atoms with Crippen molar-refractivity contribution in [3.63, 3.8) is 0 Å². The van der Waals surface area contributed by atoms with E-state index in [0.29, 0.717) is 106 Å². The van der Waals surface area contributed by atoms with Gasteiger partial charge < -0.3 is 37.9 Å². The summed E-state index contributed by atoms with van der Waals surface area (Å²) in [6.07, 6.45) is 4.79. The number of carbonyl (C=O) groups excluding carboxylic acids is 1. The summed E-state index contributed by atoms with van der Waals surface area (Å²) in [6, 6.07) is 10.1. The standard InChI is InChI=1S/C28H48O9/c1-2-3-4-8-11-28(29)37-25-24-35-21-20-33-17-16-31-13-12-30-14-15-32-18-19-34-22-23-36-26-27-9-6-5-7-10-27/h5-7,9-10H,2-4,8,11-26H2,1H3. The first kappa shape index (κ1) is 33.4. The molecule has 1 rings (SSSR count). The van der Waals surface area contributed by atoms with Crippen molar-refractivity contribution in [1.82, 2.24) is 0 Å². The van der Waals surface area contributed by atoms with Crippen LogP contribution < -0.4 is 0 Å². The summed E-state index contributed by atoms with van der Waals surface area (Å²) < 4.78 is 43.3. The van der Waals surface area contributed by atoms with Gasteiger partial charge in [-0.2, -0.15) is 0 Å². The van der Waals surface area contributed by atoms with Gasteiger partial charge in [0.15, 0.2) is 0 Å². The maximum Gasteiger partial charge on any atom is 0.305 e. The summed E-state index contributed by atoms with van der Waals surface area (Å²) in [6.45, 7) is 9.62. The second-order valence-electron chi connectivity index (χ2n) is 8.24. The first-order valence-corrected chi connectivity index (χ1v) is 13.6. The van der Waals surface area contributed by atoms with Crippen LogP contribution in [0.25, 0.3) is 0 Å². The van der Waals surface area contributed by atoms with Crippen LogP contribution in [-0.2, 0) is 49.3 Å². The molecule has 0 atom stereocenters. The molecule has 0 N–H and O–H groups in total. The molecule has 0 saturated heterocycles. The van der Waals surface area contributed by atoms with Crippen LogP contribution in [0.3, 0.4) is 0 Å². The minimum atomic E-state index is -0.147. The van der Waals surface area contributed by atoms with Crippen molar-refractivity contribution in [3.05, 3.63) is 35.9 Å². The molecule has 0 saturated carbocycles. The van der Waals surface area contributed by atoms with Crippen LogP contribution >= 0.6 is 0 Å². The predicted molar refractivity (Wildman–Crippen MR) is 141 cm³/mol. The summed E-state index contributed by atoms with van der Waals surface area (Å²) in [4.78, 5) is 11.5. The molecule has 0 aliphatic heterocycles. The molecule has 0 heterocycles. The van der Waals surface area contributed by atoms with Gasteiger partial charge in [-0.3, -0.25) is 4.79 Å². The number of rotatable bonds is 28. The van der Waals surface area contributed by atoms with Gasteiger partial charge in [0, 0.05) is 6.42 Å². The molecular weight excluding hydrogens is 480 g/mol. The maximum absolute atomic E-state index is 11.5. The molecule has 9 nitrogen and oxygen atoms in total. The fourth-order valence-electron chi connectivity index (χ4n) is 3.07. The van der Waals surface area contributed by atoms with E-state index < -0.39 is 0 Å². The van der Waals surface area contributed by atoms with Crippen LogP contribution in [0.5, 0.6) is 0 Å². The number of benzene rings is 1. The van der Waals surface area contributed by atoms with Crippen molar-refractivity contribution in [1.29, 1.82) is 0 Å². The topological polar surface area (TPSA) is 90.9 Å². The van der Waals surface area contributed by atoms with E-state index in [1.807, 2.05) is 30.3 Å². The highest BCUT2D eigenvalue weighted by molar-refractivity contribution is 5.69. The summed E-state index contributed by atoms with van der Waals surface area (Å²) in [7, 11) is 0. The van der Waals surface area contributed by atoms with Crippen molar-refractivity contribution in [2.75, 3.05) is 92.5 Å². The lowest BCUT2D eigenvalue weighted by Crippen LogP contribution is -2.15. The van der Waals surface area contributed by atoms with E-state index in [-0.39, 0.29) is 5.97 Å². The minimum Gasteiger partial charge on any atom is -0.463 e. The van der Waals surface area contributed by atoms with E-state index in [1.54, 1.807) is 0 Å². The molecule has 214 valence electrons. The largest absolute Gasteiger partial charge is 0.463 e. The normalized spacial score (nSPS) is 11.2. The molecule has 0 aliphatic carbocycles. The van der Waals surface area contributed by atoms with E-state index in [9.17, 15) is 4.79 Å². The number of carbonyl (C=O) groups is 1. The van der Waals surface area contributed by atoms with Gasteiger partial charge in [-0.1, -0.05) is 56.5 Å². The molecule has 0 spiro atoms. The number of unbranched alkanes of at least 4 members (excludes halogenated alkanes) is 3. The van der Waals surface area contributed by atoms with E-state index in [1.165, 1.54) is 0 Å². The Morgan fingerprint density at radius 2 is 0.973 bits per heavy atom. The third-order valence-electron chi connectivity index (χ3n) is 5.07. The molecule has 0 bridgehead atoms. The molecule has 9 heteroatoms. The van der Waals surface area contributed by atoms with Crippen molar-refractivity contribution < 1.29 is 42.7 Å². The minimum absolute atomic E-state index is 0.147. The van der Waals surface area contributed by atoms with Crippen molar-refractivity contribution in [3.8, 4) is 0 Å². The molecule has 0 amide bonds. The zero-order valence-corrected chi connectivity index (χ0v) is 22.7. The average Bonchev–Trinajstić information content (AvgIpc) is 2.92. The van der Waals surface area contributed by atoms with E-state index >= 15 is 0 Å². The molecule has 1 aromatic rings. The van der Waals surface area contributed by atoms with E-state index in [0.717, 1.165) is 31.2 Å². The van der Waals surface area contributed by atoms with Crippen molar-refractivity contribution >= 4 is 5.97 Å². The quantitative estimate of drug-likeness (QED) is 0.119. The Balaban J connectivity index is 1.66. The zero-order valence-electron chi connectivity index (χ0n) is 22.7. The molecule has 0 aromatic heterocycles. The van der Waals surface area contributed by atoms with Gasteiger partial charge >= 0.3 is 5.97 Å². The second kappa shape index (κ2) is 27.4. The lowest BCUT2D eigenvalue weighted by molar-refractivity contribution is -0.145. The highest BCUT2D eigenvalue weighted by Crippen LogP contribution is 2.03. The third-order valence-corrected chi connectivity index (χ3v) is 5.07. The van der Waals surface area contributed by atoms with Crippen LogP contribution in [0.4, 0.5) is 0 Å². The van der Waals surface area contributed by atoms with Crippen LogP contribution in [0, 0.1) is 0 Å². The fraction of sp³-hybridized carbons (Fsp3) is 0.750. The van der Waals surface area contributed by atoms with Crippen molar-refractivity contribution in [2.45, 2.75) is 45.6 Å². The van der Waals surface area contributed by atoms with Crippen LogP contribution in [0.1, 0.15) is 44.6 Å². The lowest BCUT2D eigenvalue weighted by atomic mass is 10.2. The molecule has 0 radical (unpaired) electrons. The van der Waals surface area contributed by atoms with Gasteiger partial charge in [-0.15, -0.1) is 0 Å². The Labute approximate surface area is 223 Å².